The van der Waals surface area contributed by atoms with Gasteiger partial charge >= 0.3 is 0 Å². The highest BCUT2D eigenvalue weighted by molar-refractivity contribution is 5.89. The molecule has 4 heteroatoms. The maximum atomic E-state index is 5.21. The second kappa shape index (κ2) is 8.27. The van der Waals surface area contributed by atoms with Gasteiger partial charge in [0.05, 0.1) is 12.1 Å². The van der Waals surface area contributed by atoms with Crippen molar-refractivity contribution >= 4 is 16.7 Å². The Morgan fingerprint density at radius 1 is 1.12 bits per heavy atom. The Kier molecular flexibility index (Phi) is 5.61. The van der Waals surface area contributed by atoms with E-state index in [1.54, 1.807) is 13.4 Å². The average molecular weight is 331 g/mol. The predicted molar refractivity (Wildman–Crippen MR) is 101 cm³/mol. The molecule has 126 valence electrons. The molecule has 0 saturated heterocycles. The third-order valence-corrected chi connectivity index (χ3v) is 3.87. The normalized spacial score (nSPS) is 10.3. The molecule has 0 saturated carbocycles. The van der Waals surface area contributed by atoms with Crippen molar-refractivity contribution in [1.29, 1.82) is 0 Å². The number of fused-ring (bicyclic) bond motifs is 1. The minimum atomic E-state index is 0.579. The molecule has 0 bridgehead atoms. The first-order chi connectivity index (χ1) is 12.3. The topological polar surface area (TPSA) is 47.0 Å². The highest BCUT2D eigenvalue weighted by Gasteiger charge is 2.02. The van der Waals surface area contributed by atoms with Crippen LogP contribution in [-0.2, 0) is 11.3 Å². The van der Waals surface area contributed by atoms with E-state index >= 15 is 0 Å². The minimum Gasteiger partial charge on any atom is -0.380 e. The van der Waals surface area contributed by atoms with Crippen LogP contribution < -0.4 is 5.32 Å². The van der Waals surface area contributed by atoms with Gasteiger partial charge in [-0.25, -0.2) is 9.97 Å². The molecule has 0 aliphatic heterocycles. The Morgan fingerprint density at radius 2 is 2.00 bits per heavy atom. The summed E-state index contributed by atoms with van der Waals surface area (Å²) in [5, 5.41) is 4.39. The van der Waals surface area contributed by atoms with E-state index in [9.17, 15) is 0 Å². The molecule has 1 aromatic heterocycles. The number of hydrogen-bond donors (Lipinski definition) is 1. The van der Waals surface area contributed by atoms with Crippen LogP contribution in [0, 0.1) is 18.8 Å². The second-order valence-electron chi connectivity index (χ2n) is 5.81. The summed E-state index contributed by atoms with van der Waals surface area (Å²) >= 11 is 0. The van der Waals surface area contributed by atoms with Gasteiger partial charge < -0.3 is 10.1 Å². The molecule has 2 aromatic carbocycles. The molecule has 25 heavy (non-hydrogen) atoms. The maximum Gasteiger partial charge on any atom is 0.137 e. The molecule has 0 aliphatic carbocycles. The smallest absolute Gasteiger partial charge is 0.137 e. The maximum absolute atomic E-state index is 5.21. The molecule has 0 unspecified atom stereocenters. The Morgan fingerprint density at radius 3 is 2.88 bits per heavy atom. The van der Waals surface area contributed by atoms with Gasteiger partial charge in [-0.3, -0.25) is 0 Å². The molecule has 1 heterocycles. The van der Waals surface area contributed by atoms with Crippen LogP contribution in [-0.4, -0.2) is 23.6 Å². The highest BCUT2D eigenvalue weighted by atomic mass is 16.5. The Labute approximate surface area is 148 Å². The van der Waals surface area contributed by atoms with E-state index in [2.05, 4.69) is 52.2 Å². The standard InChI is InChI=1S/C21H21N3O/c1-16-10-11-19-20(13-16)23-15-24-21(19)22-12-6-5-8-17-7-3-4-9-18(17)14-25-2/h3-4,7,9-11,13,15H,6,12,14H2,1-2H3,(H,22,23,24). The van der Waals surface area contributed by atoms with Gasteiger partial charge in [0, 0.05) is 31.0 Å². The largest absolute Gasteiger partial charge is 0.380 e. The molecule has 0 amide bonds. The number of methoxy groups -OCH3 is 1. The third kappa shape index (κ3) is 4.34. The summed E-state index contributed by atoms with van der Waals surface area (Å²) in [6, 6.07) is 14.3. The van der Waals surface area contributed by atoms with Crippen LogP contribution in [0.1, 0.15) is 23.1 Å². The van der Waals surface area contributed by atoms with Crippen LogP contribution in [0.4, 0.5) is 5.82 Å². The first kappa shape index (κ1) is 16.9. The summed E-state index contributed by atoms with van der Waals surface area (Å²) in [6.07, 6.45) is 2.33. The van der Waals surface area contributed by atoms with E-state index in [0.717, 1.165) is 40.8 Å². The van der Waals surface area contributed by atoms with Crippen LogP contribution >= 0.6 is 0 Å². The molecule has 0 spiro atoms. The van der Waals surface area contributed by atoms with E-state index in [4.69, 9.17) is 4.74 Å². The number of ether oxygens (including phenoxy) is 1. The molecule has 0 fully saturated rings. The Bertz CT molecular complexity index is 925. The zero-order valence-corrected chi connectivity index (χ0v) is 14.5. The third-order valence-electron chi connectivity index (χ3n) is 3.87. The Balaban J connectivity index is 1.63. The summed E-state index contributed by atoms with van der Waals surface area (Å²) < 4.78 is 5.21. The number of aryl methyl sites for hydroxylation is 1. The molecule has 3 rings (SSSR count). The Hall–Kier alpha value is -2.90. The summed E-state index contributed by atoms with van der Waals surface area (Å²) in [7, 11) is 1.70. The first-order valence-electron chi connectivity index (χ1n) is 8.29. The summed E-state index contributed by atoms with van der Waals surface area (Å²) in [6.45, 7) is 3.38. The quantitative estimate of drug-likeness (QED) is 0.568. The van der Waals surface area contributed by atoms with E-state index in [1.165, 1.54) is 5.56 Å². The van der Waals surface area contributed by atoms with E-state index < -0.39 is 0 Å². The van der Waals surface area contributed by atoms with Crippen LogP contribution in [0.25, 0.3) is 10.9 Å². The van der Waals surface area contributed by atoms with Crippen molar-refractivity contribution in [2.75, 3.05) is 19.0 Å². The SMILES string of the molecule is COCc1ccccc1C#CCCNc1ncnc2cc(C)ccc12. The van der Waals surface area contributed by atoms with Crippen LogP contribution in [0.5, 0.6) is 0 Å². The zero-order valence-electron chi connectivity index (χ0n) is 14.5. The molecule has 0 radical (unpaired) electrons. The lowest BCUT2D eigenvalue weighted by Crippen LogP contribution is -2.03. The number of anilines is 1. The highest BCUT2D eigenvalue weighted by Crippen LogP contribution is 2.19. The van der Waals surface area contributed by atoms with Crippen LogP contribution in [0.2, 0.25) is 0 Å². The molecule has 1 N–H and O–H groups in total. The number of nitrogens with one attached hydrogen (secondary N) is 1. The fourth-order valence-corrected chi connectivity index (χ4v) is 2.63. The van der Waals surface area contributed by atoms with Gasteiger partial charge in [0.2, 0.25) is 0 Å². The van der Waals surface area contributed by atoms with Gasteiger partial charge in [-0.05, 0) is 36.2 Å². The summed E-state index contributed by atoms with van der Waals surface area (Å²) in [5.74, 6) is 7.30. The zero-order chi connectivity index (χ0) is 17.5. The average Bonchev–Trinajstić information content (AvgIpc) is 2.63. The monoisotopic (exact) mass is 331 g/mol. The predicted octanol–water partition coefficient (Wildman–Crippen LogP) is 3.94. The van der Waals surface area contributed by atoms with Gasteiger partial charge in [-0.15, -0.1) is 0 Å². The first-order valence-corrected chi connectivity index (χ1v) is 8.29. The molecular formula is C21H21N3O. The molecule has 0 aliphatic rings. The van der Waals surface area contributed by atoms with Crippen molar-refractivity contribution in [3.8, 4) is 11.8 Å². The molecular weight excluding hydrogens is 310 g/mol. The minimum absolute atomic E-state index is 0.579. The molecule has 4 nitrogen and oxygen atoms in total. The van der Waals surface area contributed by atoms with E-state index in [-0.39, 0.29) is 0 Å². The lowest BCUT2D eigenvalue weighted by molar-refractivity contribution is 0.184. The van der Waals surface area contributed by atoms with Gasteiger partial charge in [0.15, 0.2) is 0 Å². The summed E-state index contributed by atoms with van der Waals surface area (Å²) in [4.78, 5) is 8.67. The summed E-state index contributed by atoms with van der Waals surface area (Å²) in [5.41, 5.74) is 4.28. The fourth-order valence-electron chi connectivity index (χ4n) is 2.63. The fraction of sp³-hybridized carbons (Fsp3) is 0.238. The van der Waals surface area contributed by atoms with Crippen molar-refractivity contribution in [1.82, 2.24) is 9.97 Å². The molecule has 3 aromatic rings. The van der Waals surface area contributed by atoms with Crippen molar-refractivity contribution in [2.45, 2.75) is 20.0 Å². The number of rotatable bonds is 5. The number of hydrogen-bond acceptors (Lipinski definition) is 4. The van der Waals surface area contributed by atoms with Gasteiger partial charge in [0.1, 0.15) is 12.1 Å². The van der Waals surface area contributed by atoms with Gasteiger partial charge in [-0.2, -0.15) is 0 Å². The van der Waals surface area contributed by atoms with Crippen LogP contribution in [0.15, 0.2) is 48.8 Å². The van der Waals surface area contributed by atoms with Gasteiger partial charge in [-0.1, -0.05) is 36.1 Å². The van der Waals surface area contributed by atoms with Gasteiger partial charge in [0.25, 0.3) is 0 Å². The lowest BCUT2D eigenvalue weighted by Gasteiger charge is -2.07. The van der Waals surface area contributed by atoms with E-state index in [0.29, 0.717) is 6.61 Å². The number of benzene rings is 2. The number of aromatic nitrogens is 2. The lowest BCUT2D eigenvalue weighted by atomic mass is 10.1. The van der Waals surface area contributed by atoms with E-state index in [1.807, 2.05) is 24.3 Å². The van der Waals surface area contributed by atoms with Crippen molar-refractivity contribution in [2.24, 2.45) is 0 Å². The van der Waals surface area contributed by atoms with Crippen molar-refractivity contribution in [3.63, 3.8) is 0 Å². The van der Waals surface area contributed by atoms with Crippen LogP contribution in [0.3, 0.4) is 0 Å². The molecule has 0 atom stereocenters. The number of nitrogens with zero attached hydrogens (tertiary/aromatic N) is 2. The second-order valence-corrected chi connectivity index (χ2v) is 5.81. The van der Waals surface area contributed by atoms with Crippen molar-refractivity contribution in [3.05, 3.63) is 65.5 Å². The van der Waals surface area contributed by atoms with Crippen molar-refractivity contribution < 1.29 is 4.74 Å².